The number of nitrogens with zero attached hydrogens (tertiary/aromatic N) is 1. The van der Waals surface area contributed by atoms with Crippen molar-refractivity contribution in [1.82, 2.24) is 4.90 Å². The lowest BCUT2D eigenvalue weighted by atomic mass is 10.1. The van der Waals surface area contributed by atoms with E-state index in [4.69, 9.17) is 4.74 Å². The maximum Gasteiger partial charge on any atom is 0.162 e. The summed E-state index contributed by atoms with van der Waals surface area (Å²) in [5, 5.41) is 0. The largest absolute Gasteiger partial charge is 0.492 e. The molecule has 0 atom stereocenters. The smallest absolute Gasteiger partial charge is 0.162 e. The van der Waals surface area contributed by atoms with Crippen LogP contribution in [0.4, 0.5) is 0 Å². The van der Waals surface area contributed by atoms with Gasteiger partial charge < -0.3 is 9.64 Å². The fraction of sp³-hybridized carbons (Fsp3) is 0.462. The lowest BCUT2D eigenvalue weighted by molar-refractivity contribution is 0.0988. The van der Waals surface area contributed by atoms with Crippen LogP contribution in [0.1, 0.15) is 23.7 Å². The SMILES string of the molecule is CCC(=O)c1ccc(OCCN(C)C)cc1. The summed E-state index contributed by atoms with van der Waals surface area (Å²) in [6.07, 6.45) is 0.542. The Balaban J connectivity index is 2.48. The Labute approximate surface area is 97.0 Å². The van der Waals surface area contributed by atoms with E-state index in [1.807, 2.05) is 45.3 Å². The molecule has 1 rings (SSSR count). The zero-order valence-corrected chi connectivity index (χ0v) is 10.2. The van der Waals surface area contributed by atoms with Crippen LogP contribution in [0.2, 0.25) is 0 Å². The number of ketones is 1. The van der Waals surface area contributed by atoms with Gasteiger partial charge in [-0.1, -0.05) is 6.92 Å². The minimum atomic E-state index is 0.167. The summed E-state index contributed by atoms with van der Waals surface area (Å²) in [5.74, 6) is 0.981. The highest BCUT2D eigenvalue weighted by Gasteiger charge is 2.02. The van der Waals surface area contributed by atoms with Crippen LogP contribution in [0.15, 0.2) is 24.3 Å². The van der Waals surface area contributed by atoms with Crippen molar-refractivity contribution in [2.45, 2.75) is 13.3 Å². The topological polar surface area (TPSA) is 29.5 Å². The molecule has 0 heterocycles. The van der Waals surface area contributed by atoms with Gasteiger partial charge in [0.25, 0.3) is 0 Å². The third-order valence-electron chi connectivity index (χ3n) is 2.30. The molecule has 16 heavy (non-hydrogen) atoms. The van der Waals surface area contributed by atoms with Crippen LogP contribution in [0.3, 0.4) is 0 Å². The predicted octanol–water partition coefficient (Wildman–Crippen LogP) is 2.22. The third kappa shape index (κ3) is 4.03. The number of ether oxygens (including phenoxy) is 1. The minimum absolute atomic E-state index is 0.167. The Bertz CT molecular complexity index is 330. The lowest BCUT2D eigenvalue weighted by Gasteiger charge is -2.11. The molecule has 0 radical (unpaired) electrons. The second-order valence-electron chi connectivity index (χ2n) is 3.95. The summed E-state index contributed by atoms with van der Waals surface area (Å²) in [6.45, 7) is 3.41. The molecule has 0 aliphatic heterocycles. The number of carbonyl (C=O) groups is 1. The van der Waals surface area contributed by atoms with Crippen LogP contribution in [-0.4, -0.2) is 37.9 Å². The Hall–Kier alpha value is -1.35. The van der Waals surface area contributed by atoms with Gasteiger partial charge >= 0.3 is 0 Å². The van der Waals surface area contributed by atoms with E-state index in [2.05, 4.69) is 4.90 Å². The molecular weight excluding hydrogens is 202 g/mol. The summed E-state index contributed by atoms with van der Waals surface area (Å²) < 4.78 is 5.53. The molecule has 1 aromatic carbocycles. The van der Waals surface area contributed by atoms with E-state index >= 15 is 0 Å². The molecular formula is C13H19NO2. The summed E-state index contributed by atoms with van der Waals surface area (Å²) in [5.41, 5.74) is 0.752. The van der Waals surface area contributed by atoms with E-state index in [9.17, 15) is 4.79 Å². The van der Waals surface area contributed by atoms with Gasteiger partial charge in [-0.2, -0.15) is 0 Å². The summed E-state index contributed by atoms with van der Waals surface area (Å²) in [4.78, 5) is 13.4. The normalized spacial score (nSPS) is 10.5. The first-order valence-electron chi connectivity index (χ1n) is 5.54. The Morgan fingerprint density at radius 1 is 1.25 bits per heavy atom. The molecule has 0 unspecified atom stereocenters. The molecule has 0 fully saturated rings. The number of Topliss-reactive ketones (excluding diaryl/α,β-unsaturated/α-hetero) is 1. The number of rotatable bonds is 6. The Morgan fingerprint density at radius 3 is 2.38 bits per heavy atom. The number of carbonyl (C=O) groups excluding carboxylic acids is 1. The maximum atomic E-state index is 11.4. The average molecular weight is 221 g/mol. The van der Waals surface area contributed by atoms with E-state index in [1.165, 1.54) is 0 Å². The van der Waals surface area contributed by atoms with Crippen molar-refractivity contribution in [3.8, 4) is 5.75 Å². The van der Waals surface area contributed by atoms with Crippen molar-refractivity contribution < 1.29 is 9.53 Å². The average Bonchev–Trinajstić information content (AvgIpc) is 2.28. The van der Waals surface area contributed by atoms with Crippen molar-refractivity contribution in [3.63, 3.8) is 0 Å². The number of benzene rings is 1. The van der Waals surface area contributed by atoms with Gasteiger partial charge in [0, 0.05) is 18.5 Å². The van der Waals surface area contributed by atoms with Crippen LogP contribution in [0.5, 0.6) is 5.75 Å². The van der Waals surface area contributed by atoms with E-state index in [0.717, 1.165) is 17.9 Å². The van der Waals surface area contributed by atoms with Gasteiger partial charge in [0.15, 0.2) is 5.78 Å². The molecule has 0 saturated carbocycles. The molecule has 0 amide bonds. The first-order valence-corrected chi connectivity index (χ1v) is 5.54. The summed E-state index contributed by atoms with van der Waals surface area (Å²) >= 11 is 0. The van der Waals surface area contributed by atoms with Crippen LogP contribution >= 0.6 is 0 Å². The third-order valence-corrected chi connectivity index (χ3v) is 2.30. The number of likely N-dealkylation sites (N-methyl/N-ethyl adjacent to an activating group) is 1. The van der Waals surface area contributed by atoms with Crippen LogP contribution < -0.4 is 4.74 Å². The van der Waals surface area contributed by atoms with Gasteiger partial charge in [-0.3, -0.25) is 4.79 Å². The summed E-state index contributed by atoms with van der Waals surface area (Å²) in [6, 6.07) is 7.32. The predicted molar refractivity (Wildman–Crippen MR) is 65.1 cm³/mol. The molecule has 0 spiro atoms. The lowest BCUT2D eigenvalue weighted by Crippen LogP contribution is -2.19. The zero-order chi connectivity index (χ0) is 12.0. The first kappa shape index (κ1) is 12.7. The molecule has 0 aliphatic rings. The highest BCUT2D eigenvalue weighted by atomic mass is 16.5. The monoisotopic (exact) mass is 221 g/mol. The van der Waals surface area contributed by atoms with Gasteiger partial charge in [0.1, 0.15) is 12.4 Å². The molecule has 1 aromatic rings. The van der Waals surface area contributed by atoms with Crippen LogP contribution in [-0.2, 0) is 0 Å². The van der Waals surface area contributed by atoms with E-state index in [0.29, 0.717) is 13.0 Å². The van der Waals surface area contributed by atoms with Crippen molar-refractivity contribution in [2.75, 3.05) is 27.2 Å². The molecule has 0 aliphatic carbocycles. The highest BCUT2D eigenvalue weighted by Crippen LogP contribution is 2.13. The van der Waals surface area contributed by atoms with E-state index in [1.54, 1.807) is 0 Å². The quantitative estimate of drug-likeness (QED) is 0.690. The van der Waals surface area contributed by atoms with Crippen LogP contribution in [0.25, 0.3) is 0 Å². The standard InChI is InChI=1S/C13H19NO2/c1-4-13(15)11-5-7-12(8-6-11)16-10-9-14(2)3/h5-8H,4,9-10H2,1-3H3. The highest BCUT2D eigenvalue weighted by molar-refractivity contribution is 5.95. The zero-order valence-electron chi connectivity index (χ0n) is 10.2. The molecule has 0 N–H and O–H groups in total. The van der Waals surface area contributed by atoms with Crippen LogP contribution in [0, 0.1) is 0 Å². The van der Waals surface area contributed by atoms with Crippen molar-refractivity contribution in [3.05, 3.63) is 29.8 Å². The van der Waals surface area contributed by atoms with E-state index in [-0.39, 0.29) is 5.78 Å². The van der Waals surface area contributed by atoms with Crippen molar-refractivity contribution >= 4 is 5.78 Å². The van der Waals surface area contributed by atoms with Gasteiger partial charge in [0.05, 0.1) is 0 Å². The minimum Gasteiger partial charge on any atom is -0.492 e. The fourth-order valence-electron chi connectivity index (χ4n) is 1.29. The Kier molecular flexibility index (Phi) is 4.99. The Morgan fingerprint density at radius 2 is 1.88 bits per heavy atom. The molecule has 3 heteroatoms. The van der Waals surface area contributed by atoms with Gasteiger partial charge in [-0.25, -0.2) is 0 Å². The van der Waals surface area contributed by atoms with Crippen molar-refractivity contribution in [1.29, 1.82) is 0 Å². The second-order valence-corrected chi connectivity index (χ2v) is 3.95. The van der Waals surface area contributed by atoms with Gasteiger partial charge in [-0.15, -0.1) is 0 Å². The fourth-order valence-corrected chi connectivity index (χ4v) is 1.29. The summed E-state index contributed by atoms with van der Waals surface area (Å²) in [7, 11) is 4.01. The maximum absolute atomic E-state index is 11.4. The molecule has 88 valence electrons. The van der Waals surface area contributed by atoms with Gasteiger partial charge in [0.2, 0.25) is 0 Å². The number of hydrogen-bond donors (Lipinski definition) is 0. The van der Waals surface area contributed by atoms with Crippen molar-refractivity contribution in [2.24, 2.45) is 0 Å². The molecule has 3 nitrogen and oxygen atoms in total. The molecule has 0 bridgehead atoms. The molecule has 0 aromatic heterocycles. The number of hydrogen-bond acceptors (Lipinski definition) is 3. The van der Waals surface area contributed by atoms with E-state index < -0.39 is 0 Å². The first-order chi connectivity index (χ1) is 7.63. The molecule has 0 saturated heterocycles. The second kappa shape index (κ2) is 6.28. The van der Waals surface area contributed by atoms with Gasteiger partial charge in [-0.05, 0) is 38.4 Å².